The standard InChI is InChI=1S/C23H23NO6/c1-14-5-7-16(8-6-14)20(25)15(2)30-23(28)17-9-10-18-19(13-17)22(27)24(21(18)26)11-4-12-29-3/h5-10,13,15H,4,11-12H2,1-3H3/t15-/m0/s1. The maximum absolute atomic E-state index is 12.6. The van der Waals surface area contributed by atoms with Gasteiger partial charge in [0, 0.05) is 25.8 Å². The number of carbonyl (C=O) groups excluding carboxylic acids is 4. The average Bonchev–Trinajstić information content (AvgIpc) is 2.98. The van der Waals surface area contributed by atoms with Crippen LogP contribution in [0, 0.1) is 6.92 Å². The molecule has 30 heavy (non-hydrogen) atoms. The molecule has 1 aliphatic heterocycles. The smallest absolute Gasteiger partial charge is 0.338 e. The molecule has 0 bridgehead atoms. The number of methoxy groups -OCH3 is 1. The Labute approximate surface area is 174 Å². The van der Waals surface area contributed by atoms with E-state index in [4.69, 9.17) is 9.47 Å². The van der Waals surface area contributed by atoms with Crippen LogP contribution in [0.5, 0.6) is 0 Å². The van der Waals surface area contributed by atoms with Gasteiger partial charge in [-0.15, -0.1) is 0 Å². The van der Waals surface area contributed by atoms with Crippen molar-refractivity contribution in [2.45, 2.75) is 26.4 Å². The van der Waals surface area contributed by atoms with Crippen molar-refractivity contribution in [3.63, 3.8) is 0 Å². The van der Waals surface area contributed by atoms with Gasteiger partial charge in [-0.1, -0.05) is 29.8 Å². The summed E-state index contributed by atoms with van der Waals surface area (Å²) in [5.41, 5.74) is 1.98. The lowest BCUT2D eigenvalue weighted by molar-refractivity contribution is 0.0318. The minimum absolute atomic E-state index is 0.109. The molecule has 1 atom stereocenters. The van der Waals surface area contributed by atoms with Crippen LogP contribution in [0.4, 0.5) is 0 Å². The van der Waals surface area contributed by atoms with Crippen LogP contribution in [0.15, 0.2) is 42.5 Å². The number of hydrogen-bond donors (Lipinski definition) is 0. The summed E-state index contributed by atoms with van der Waals surface area (Å²) in [6.07, 6.45) is -0.466. The maximum atomic E-state index is 12.6. The highest BCUT2D eigenvalue weighted by molar-refractivity contribution is 6.22. The van der Waals surface area contributed by atoms with Crippen molar-refractivity contribution in [3.8, 4) is 0 Å². The molecule has 1 aliphatic rings. The third-order valence-electron chi connectivity index (χ3n) is 4.93. The van der Waals surface area contributed by atoms with E-state index < -0.39 is 23.9 Å². The molecule has 7 nitrogen and oxygen atoms in total. The van der Waals surface area contributed by atoms with Gasteiger partial charge in [-0.25, -0.2) is 4.79 Å². The number of aryl methyl sites for hydroxylation is 1. The molecule has 7 heteroatoms. The normalized spacial score (nSPS) is 13.9. The van der Waals surface area contributed by atoms with E-state index >= 15 is 0 Å². The number of rotatable bonds is 8. The molecule has 0 unspecified atom stereocenters. The summed E-state index contributed by atoms with van der Waals surface area (Å²) >= 11 is 0. The molecule has 0 N–H and O–H groups in total. The van der Waals surface area contributed by atoms with E-state index in [2.05, 4.69) is 0 Å². The highest BCUT2D eigenvalue weighted by Crippen LogP contribution is 2.25. The first-order chi connectivity index (χ1) is 14.3. The first kappa shape index (κ1) is 21.4. The van der Waals surface area contributed by atoms with E-state index in [9.17, 15) is 19.2 Å². The Morgan fingerprint density at radius 3 is 2.27 bits per heavy atom. The first-order valence-corrected chi connectivity index (χ1v) is 9.64. The van der Waals surface area contributed by atoms with Crippen LogP contribution in [-0.2, 0) is 9.47 Å². The van der Waals surface area contributed by atoms with Gasteiger partial charge in [0.25, 0.3) is 11.8 Å². The van der Waals surface area contributed by atoms with Gasteiger partial charge in [-0.3, -0.25) is 19.3 Å². The molecule has 0 saturated heterocycles. The minimum Gasteiger partial charge on any atom is -0.451 e. The van der Waals surface area contributed by atoms with Gasteiger partial charge in [0.1, 0.15) is 0 Å². The summed E-state index contributed by atoms with van der Waals surface area (Å²) in [4.78, 5) is 51.2. The quantitative estimate of drug-likeness (QED) is 0.288. The number of carbonyl (C=O) groups is 4. The van der Waals surface area contributed by atoms with Crippen LogP contribution in [-0.4, -0.2) is 54.8 Å². The predicted molar refractivity (Wildman–Crippen MR) is 109 cm³/mol. The number of esters is 1. The third-order valence-corrected chi connectivity index (χ3v) is 4.93. The molecular formula is C23H23NO6. The Morgan fingerprint density at radius 2 is 1.60 bits per heavy atom. The Morgan fingerprint density at radius 1 is 0.967 bits per heavy atom. The Bertz CT molecular complexity index is 995. The molecule has 0 saturated carbocycles. The van der Waals surface area contributed by atoms with E-state index in [0.29, 0.717) is 18.6 Å². The van der Waals surface area contributed by atoms with Gasteiger partial charge in [-0.2, -0.15) is 0 Å². The van der Waals surface area contributed by atoms with E-state index in [1.54, 1.807) is 19.2 Å². The zero-order chi connectivity index (χ0) is 21.8. The van der Waals surface area contributed by atoms with Gasteiger partial charge < -0.3 is 9.47 Å². The number of Topliss-reactive ketones (excluding diaryl/α,β-unsaturated/α-hetero) is 1. The Kier molecular flexibility index (Phi) is 6.42. The third kappa shape index (κ3) is 4.31. The van der Waals surface area contributed by atoms with Crippen LogP contribution >= 0.6 is 0 Å². The summed E-state index contributed by atoms with van der Waals surface area (Å²) in [5, 5.41) is 0. The fourth-order valence-electron chi connectivity index (χ4n) is 3.22. The van der Waals surface area contributed by atoms with Crippen molar-refractivity contribution in [1.29, 1.82) is 0 Å². The summed E-state index contributed by atoms with van der Waals surface area (Å²) in [7, 11) is 1.55. The van der Waals surface area contributed by atoms with Crippen molar-refractivity contribution < 1.29 is 28.7 Å². The minimum atomic E-state index is -0.990. The number of ether oxygens (including phenoxy) is 2. The van der Waals surface area contributed by atoms with Gasteiger partial charge in [0.2, 0.25) is 5.78 Å². The van der Waals surface area contributed by atoms with Crippen molar-refractivity contribution in [1.82, 2.24) is 4.90 Å². The number of fused-ring (bicyclic) bond motifs is 1. The number of imide groups is 1. The van der Waals surface area contributed by atoms with E-state index in [1.807, 2.05) is 19.1 Å². The average molecular weight is 409 g/mol. The zero-order valence-electron chi connectivity index (χ0n) is 17.1. The second-order valence-corrected chi connectivity index (χ2v) is 7.15. The molecule has 3 rings (SSSR count). The fraction of sp³-hybridized carbons (Fsp3) is 0.304. The van der Waals surface area contributed by atoms with Crippen molar-refractivity contribution in [2.75, 3.05) is 20.3 Å². The molecule has 0 spiro atoms. The molecule has 2 aromatic carbocycles. The predicted octanol–water partition coefficient (Wildman–Crippen LogP) is 3.06. The lowest BCUT2D eigenvalue weighted by Crippen LogP contribution is -2.31. The summed E-state index contributed by atoms with van der Waals surface area (Å²) in [6, 6.07) is 11.2. The maximum Gasteiger partial charge on any atom is 0.338 e. The number of benzene rings is 2. The lowest BCUT2D eigenvalue weighted by Gasteiger charge is -2.13. The largest absolute Gasteiger partial charge is 0.451 e. The second kappa shape index (κ2) is 9.00. The zero-order valence-corrected chi connectivity index (χ0v) is 17.1. The molecule has 0 radical (unpaired) electrons. The van der Waals surface area contributed by atoms with Gasteiger partial charge in [0.15, 0.2) is 6.10 Å². The van der Waals surface area contributed by atoms with Crippen molar-refractivity contribution in [2.24, 2.45) is 0 Å². The SMILES string of the molecule is COCCCN1C(=O)c2ccc(C(=O)O[C@@H](C)C(=O)c3ccc(C)cc3)cc2C1=O. The molecule has 0 fully saturated rings. The second-order valence-electron chi connectivity index (χ2n) is 7.15. The van der Waals surface area contributed by atoms with Crippen LogP contribution in [0.1, 0.15) is 60.3 Å². The molecule has 1 heterocycles. The lowest BCUT2D eigenvalue weighted by atomic mass is 10.0. The highest BCUT2D eigenvalue weighted by Gasteiger charge is 2.36. The van der Waals surface area contributed by atoms with Crippen molar-refractivity contribution >= 4 is 23.6 Å². The van der Waals surface area contributed by atoms with E-state index in [1.165, 1.54) is 25.1 Å². The van der Waals surface area contributed by atoms with Crippen molar-refractivity contribution in [3.05, 3.63) is 70.3 Å². The topological polar surface area (TPSA) is 90.0 Å². The van der Waals surface area contributed by atoms with Gasteiger partial charge in [-0.05, 0) is 38.5 Å². The van der Waals surface area contributed by atoms with E-state index in [0.717, 1.165) is 10.5 Å². The van der Waals surface area contributed by atoms with Gasteiger partial charge in [0.05, 0.1) is 16.7 Å². The summed E-state index contributed by atoms with van der Waals surface area (Å²) < 4.78 is 10.3. The first-order valence-electron chi connectivity index (χ1n) is 9.64. The van der Waals surface area contributed by atoms with E-state index in [-0.39, 0.29) is 29.0 Å². The highest BCUT2D eigenvalue weighted by atomic mass is 16.5. The monoisotopic (exact) mass is 409 g/mol. The fourth-order valence-corrected chi connectivity index (χ4v) is 3.22. The molecule has 2 amide bonds. The Balaban J connectivity index is 1.71. The molecule has 2 aromatic rings. The number of ketones is 1. The molecule has 0 aromatic heterocycles. The number of hydrogen-bond acceptors (Lipinski definition) is 6. The van der Waals surface area contributed by atoms with Crippen LogP contribution < -0.4 is 0 Å². The van der Waals surface area contributed by atoms with Gasteiger partial charge >= 0.3 is 5.97 Å². The molecular weight excluding hydrogens is 386 g/mol. The number of amides is 2. The van der Waals surface area contributed by atoms with Crippen LogP contribution in [0.3, 0.4) is 0 Å². The summed E-state index contributed by atoms with van der Waals surface area (Å²) in [6.45, 7) is 4.08. The van der Waals surface area contributed by atoms with Crippen LogP contribution in [0.25, 0.3) is 0 Å². The Hall–Kier alpha value is -3.32. The number of nitrogens with zero attached hydrogens (tertiary/aromatic N) is 1. The summed E-state index contributed by atoms with van der Waals surface area (Å²) in [5.74, 6) is -1.90. The molecule has 0 aliphatic carbocycles. The molecule has 156 valence electrons. The van der Waals surface area contributed by atoms with Crippen LogP contribution in [0.2, 0.25) is 0 Å².